The van der Waals surface area contributed by atoms with Gasteiger partial charge in [-0.05, 0) is 36.2 Å². The van der Waals surface area contributed by atoms with Crippen LogP contribution in [0.1, 0.15) is 5.56 Å². The van der Waals surface area contributed by atoms with E-state index in [1.807, 2.05) is 25.2 Å². The Kier molecular flexibility index (Phi) is 4.27. The summed E-state index contributed by atoms with van der Waals surface area (Å²) in [7, 11) is 1.85. The van der Waals surface area contributed by atoms with Crippen LogP contribution in [0, 0.1) is 5.82 Å². The number of halogens is 1. The van der Waals surface area contributed by atoms with Crippen molar-refractivity contribution in [3.8, 4) is 11.4 Å². The highest BCUT2D eigenvalue weighted by atomic mass is 19.1. The van der Waals surface area contributed by atoms with Crippen LogP contribution in [0.5, 0.6) is 0 Å². The largest absolute Gasteiger partial charge is 0.369 e. The van der Waals surface area contributed by atoms with Gasteiger partial charge in [0.15, 0.2) is 11.5 Å². The summed E-state index contributed by atoms with van der Waals surface area (Å²) in [6.45, 7) is 0.625. The van der Waals surface area contributed by atoms with Crippen LogP contribution in [0.3, 0.4) is 0 Å². The normalized spacial score (nSPS) is 11.0. The van der Waals surface area contributed by atoms with Gasteiger partial charge in [-0.15, -0.1) is 0 Å². The number of benzene rings is 1. The highest BCUT2D eigenvalue weighted by molar-refractivity contribution is 5.88. The topological polar surface area (TPSA) is 68.5 Å². The predicted octanol–water partition coefficient (Wildman–Crippen LogP) is 3.22. The molecule has 1 aromatic carbocycles. The summed E-state index contributed by atoms with van der Waals surface area (Å²) < 4.78 is 15.0. The number of hydrogen-bond donors (Lipinski definition) is 1. The molecule has 3 aromatic heterocycles. The first-order valence-electron chi connectivity index (χ1n) is 8.29. The van der Waals surface area contributed by atoms with E-state index in [1.165, 1.54) is 6.07 Å². The maximum absolute atomic E-state index is 13.3. The van der Waals surface area contributed by atoms with E-state index >= 15 is 0 Å². The van der Waals surface area contributed by atoms with Crippen molar-refractivity contribution in [1.82, 2.24) is 24.7 Å². The van der Waals surface area contributed by atoms with Crippen LogP contribution in [-0.4, -0.2) is 31.3 Å². The van der Waals surface area contributed by atoms with Gasteiger partial charge in [-0.25, -0.2) is 14.4 Å². The third-order valence-corrected chi connectivity index (χ3v) is 4.13. The van der Waals surface area contributed by atoms with E-state index in [1.54, 1.807) is 35.4 Å². The summed E-state index contributed by atoms with van der Waals surface area (Å²) in [6, 6.07) is 10.4. The number of nitrogens with one attached hydrogen (secondary N) is 1. The first kappa shape index (κ1) is 16.1. The minimum atomic E-state index is -0.223. The third-order valence-electron chi connectivity index (χ3n) is 4.13. The van der Waals surface area contributed by atoms with Crippen molar-refractivity contribution in [2.75, 3.05) is 11.9 Å². The zero-order valence-corrected chi connectivity index (χ0v) is 14.2. The molecule has 4 aromatic rings. The number of fused-ring (bicyclic) bond motifs is 1. The Hall–Kier alpha value is -3.35. The second-order valence-corrected chi connectivity index (χ2v) is 5.94. The predicted molar refractivity (Wildman–Crippen MR) is 98.1 cm³/mol. The Labute approximate surface area is 149 Å². The first-order chi connectivity index (χ1) is 12.7. The lowest BCUT2D eigenvalue weighted by Crippen LogP contribution is -2.08. The SMILES string of the molecule is Cn1ncc2c(NCCc3cccc(F)c3)nc(-c3ccncc3)nc21. The van der Waals surface area contributed by atoms with Crippen molar-refractivity contribution in [2.45, 2.75) is 6.42 Å². The number of pyridine rings is 1. The quantitative estimate of drug-likeness (QED) is 0.600. The molecule has 0 saturated carbocycles. The second kappa shape index (κ2) is 6.87. The van der Waals surface area contributed by atoms with E-state index < -0.39 is 0 Å². The molecule has 0 radical (unpaired) electrons. The zero-order valence-electron chi connectivity index (χ0n) is 14.2. The molecule has 7 heteroatoms. The standard InChI is InChI=1S/C19H17FN6/c1-26-19-16(12-23-26)18(22-10-5-13-3-2-4-15(20)11-13)24-17(25-19)14-6-8-21-9-7-14/h2-4,6-9,11-12H,5,10H2,1H3,(H,22,24,25). The van der Waals surface area contributed by atoms with E-state index in [0.29, 0.717) is 24.6 Å². The fourth-order valence-electron chi connectivity index (χ4n) is 2.80. The van der Waals surface area contributed by atoms with E-state index in [-0.39, 0.29) is 5.82 Å². The van der Waals surface area contributed by atoms with Crippen molar-refractivity contribution in [2.24, 2.45) is 7.05 Å². The molecular formula is C19H17FN6. The van der Waals surface area contributed by atoms with Crippen LogP contribution in [-0.2, 0) is 13.5 Å². The molecule has 4 rings (SSSR count). The molecule has 0 spiro atoms. The van der Waals surface area contributed by atoms with Gasteiger partial charge in [0.1, 0.15) is 11.6 Å². The molecule has 0 bridgehead atoms. The maximum Gasteiger partial charge on any atom is 0.164 e. The maximum atomic E-state index is 13.3. The second-order valence-electron chi connectivity index (χ2n) is 5.94. The molecule has 0 saturated heterocycles. The lowest BCUT2D eigenvalue weighted by Gasteiger charge is -2.09. The molecule has 1 N–H and O–H groups in total. The van der Waals surface area contributed by atoms with Gasteiger partial charge in [0.2, 0.25) is 0 Å². The molecule has 0 aliphatic carbocycles. The third kappa shape index (κ3) is 3.23. The molecule has 0 aliphatic heterocycles. The van der Waals surface area contributed by atoms with Gasteiger partial charge in [0, 0.05) is 31.5 Å². The van der Waals surface area contributed by atoms with Crippen LogP contribution >= 0.6 is 0 Å². The number of rotatable bonds is 5. The molecule has 6 nitrogen and oxygen atoms in total. The number of aromatic nitrogens is 5. The first-order valence-corrected chi connectivity index (χ1v) is 8.29. The smallest absolute Gasteiger partial charge is 0.164 e. The number of anilines is 1. The number of hydrogen-bond acceptors (Lipinski definition) is 5. The highest BCUT2D eigenvalue weighted by Gasteiger charge is 2.12. The van der Waals surface area contributed by atoms with Crippen LogP contribution in [0.2, 0.25) is 0 Å². The fraction of sp³-hybridized carbons (Fsp3) is 0.158. The minimum absolute atomic E-state index is 0.223. The molecule has 26 heavy (non-hydrogen) atoms. The van der Waals surface area contributed by atoms with Gasteiger partial charge in [-0.2, -0.15) is 5.10 Å². The summed E-state index contributed by atoms with van der Waals surface area (Å²) in [6.07, 6.45) is 5.86. The Morgan fingerprint density at radius 3 is 2.77 bits per heavy atom. The van der Waals surface area contributed by atoms with Gasteiger partial charge in [0.25, 0.3) is 0 Å². The van der Waals surface area contributed by atoms with Gasteiger partial charge in [-0.3, -0.25) is 9.67 Å². The Balaban J connectivity index is 1.63. The Bertz CT molecular complexity index is 1040. The van der Waals surface area contributed by atoms with E-state index in [2.05, 4.69) is 25.4 Å². The van der Waals surface area contributed by atoms with Crippen LogP contribution in [0.25, 0.3) is 22.4 Å². The summed E-state index contributed by atoms with van der Waals surface area (Å²) in [5.41, 5.74) is 2.57. The van der Waals surface area contributed by atoms with E-state index in [0.717, 1.165) is 22.2 Å². The average molecular weight is 348 g/mol. The Morgan fingerprint density at radius 2 is 1.96 bits per heavy atom. The lowest BCUT2D eigenvalue weighted by molar-refractivity contribution is 0.625. The van der Waals surface area contributed by atoms with Gasteiger partial charge < -0.3 is 5.32 Å². The molecule has 130 valence electrons. The van der Waals surface area contributed by atoms with E-state index in [4.69, 9.17) is 0 Å². The lowest BCUT2D eigenvalue weighted by atomic mass is 10.1. The molecule has 0 amide bonds. The molecule has 0 fully saturated rings. The summed E-state index contributed by atoms with van der Waals surface area (Å²) >= 11 is 0. The van der Waals surface area contributed by atoms with Crippen LogP contribution in [0.4, 0.5) is 10.2 Å². The average Bonchev–Trinajstić information content (AvgIpc) is 3.04. The molecule has 0 aliphatic rings. The fourth-order valence-corrected chi connectivity index (χ4v) is 2.80. The van der Waals surface area contributed by atoms with Gasteiger partial charge in [-0.1, -0.05) is 12.1 Å². The number of nitrogens with zero attached hydrogens (tertiary/aromatic N) is 5. The molecule has 0 atom stereocenters. The monoisotopic (exact) mass is 348 g/mol. The number of aryl methyl sites for hydroxylation is 1. The molecule has 3 heterocycles. The van der Waals surface area contributed by atoms with Crippen molar-refractivity contribution < 1.29 is 4.39 Å². The zero-order chi connectivity index (χ0) is 17.9. The summed E-state index contributed by atoms with van der Waals surface area (Å²) in [5, 5.41) is 8.47. The van der Waals surface area contributed by atoms with Crippen molar-refractivity contribution in [3.05, 3.63) is 66.4 Å². The molecule has 0 unspecified atom stereocenters. The minimum Gasteiger partial charge on any atom is -0.369 e. The molecular weight excluding hydrogens is 331 g/mol. The van der Waals surface area contributed by atoms with Crippen LogP contribution in [0.15, 0.2) is 55.0 Å². The van der Waals surface area contributed by atoms with Crippen molar-refractivity contribution in [3.63, 3.8) is 0 Å². The summed E-state index contributed by atoms with van der Waals surface area (Å²) in [4.78, 5) is 13.3. The van der Waals surface area contributed by atoms with Gasteiger partial charge >= 0.3 is 0 Å². The van der Waals surface area contributed by atoms with Crippen LogP contribution < -0.4 is 5.32 Å². The van der Waals surface area contributed by atoms with Crippen molar-refractivity contribution >= 4 is 16.9 Å². The van der Waals surface area contributed by atoms with Gasteiger partial charge in [0.05, 0.1) is 11.6 Å². The van der Waals surface area contributed by atoms with E-state index in [9.17, 15) is 4.39 Å². The van der Waals surface area contributed by atoms with Crippen molar-refractivity contribution in [1.29, 1.82) is 0 Å². The Morgan fingerprint density at radius 1 is 1.12 bits per heavy atom. The highest BCUT2D eigenvalue weighted by Crippen LogP contribution is 2.24. The summed E-state index contributed by atoms with van der Waals surface area (Å²) in [5.74, 6) is 1.10.